The number of hydrogen-bond donors (Lipinski definition) is 1. The summed E-state index contributed by atoms with van der Waals surface area (Å²) in [7, 11) is 3.05. The molecule has 0 saturated carbocycles. The van der Waals surface area contributed by atoms with Gasteiger partial charge in [0.1, 0.15) is 11.3 Å². The first-order chi connectivity index (χ1) is 12.0. The fraction of sp³-hybridized carbons (Fsp3) is 0.158. The zero-order valence-electron chi connectivity index (χ0n) is 13.7. The van der Waals surface area contributed by atoms with Gasteiger partial charge in [-0.3, -0.25) is 9.59 Å². The van der Waals surface area contributed by atoms with Crippen molar-refractivity contribution in [2.75, 3.05) is 14.2 Å². The van der Waals surface area contributed by atoms with Gasteiger partial charge in [0.2, 0.25) is 0 Å². The molecule has 0 amide bonds. The molecule has 0 spiro atoms. The van der Waals surface area contributed by atoms with Crippen LogP contribution in [0.3, 0.4) is 0 Å². The molecule has 1 heterocycles. The molecule has 25 heavy (non-hydrogen) atoms. The largest absolute Gasteiger partial charge is 0.493 e. The smallest absolute Gasteiger partial charge is 0.307 e. The van der Waals surface area contributed by atoms with Crippen LogP contribution in [0.4, 0.5) is 0 Å². The van der Waals surface area contributed by atoms with Crippen LogP contribution in [0.25, 0.3) is 22.3 Å². The lowest BCUT2D eigenvalue weighted by molar-refractivity contribution is -0.136. The van der Waals surface area contributed by atoms with E-state index in [9.17, 15) is 9.59 Å². The fourth-order valence-corrected chi connectivity index (χ4v) is 2.67. The number of carbonyl (C=O) groups is 1. The normalized spacial score (nSPS) is 10.6. The Morgan fingerprint density at radius 2 is 1.84 bits per heavy atom. The zero-order chi connectivity index (χ0) is 18.0. The maximum absolute atomic E-state index is 12.4. The van der Waals surface area contributed by atoms with Gasteiger partial charge in [0.15, 0.2) is 16.9 Å². The van der Waals surface area contributed by atoms with Gasteiger partial charge >= 0.3 is 5.97 Å². The van der Waals surface area contributed by atoms with Crippen molar-refractivity contribution in [3.8, 4) is 22.8 Å². The Kier molecular flexibility index (Phi) is 4.43. The van der Waals surface area contributed by atoms with E-state index in [1.54, 1.807) is 36.4 Å². The van der Waals surface area contributed by atoms with E-state index < -0.39 is 5.97 Å². The highest BCUT2D eigenvalue weighted by Crippen LogP contribution is 2.33. The summed E-state index contributed by atoms with van der Waals surface area (Å²) in [5.74, 6) is 0.394. The molecule has 0 aliphatic carbocycles. The Hall–Kier alpha value is -3.28. The number of aliphatic carboxylic acids is 1. The number of rotatable bonds is 5. The molecule has 6 nitrogen and oxygen atoms in total. The number of methoxy groups -OCH3 is 2. The number of ether oxygens (including phenoxy) is 2. The molecule has 0 aliphatic rings. The van der Waals surface area contributed by atoms with Gasteiger partial charge in [0.25, 0.3) is 0 Å². The average Bonchev–Trinajstić information content (AvgIpc) is 2.61. The van der Waals surface area contributed by atoms with Gasteiger partial charge in [-0.05, 0) is 24.3 Å². The zero-order valence-corrected chi connectivity index (χ0v) is 13.7. The van der Waals surface area contributed by atoms with E-state index >= 15 is 0 Å². The molecule has 6 heteroatoms. The van der Waals surface area contributed by atoms with Crippen LogP contribution >= 0.6 is 0 Å². The molecule has 0 aliphatic heterocycles. The second-order valence-corrected chi connectivity index (χ2v) is 5.41. The highest BCUT2D eigenvalue weighted by Gasteiger charge is 2.14. The van der Waals surface area contributed by atoms with E-state index in [2.05, 4.69) is 0 Å². The molecule has 0 unspecified atom stereocenters. The van der Waals surface area contributed by atoms with Gasteiger partial charge in [-0.25, -0.2) is 0 Å². The average molecular weight is 340 g/mol. The third kappa shape index (κ3) is 3.19. The van der Waals surface area contributed by atoms with Crippen molar-refractivity contribution < 1.29 is 23.8 Å². The van der Waals surface area contributed by atoms with E-state index in [0.717, 1.165) is 0 Å². The highest BCUT2D eigenvalue weighted by molar-refractivity contribution is 5.85. The van der Waals surface area contributed by atoms with Crippen LogP contribution in [0.5, 0.6) is 11.5 Å². The number of hydrogen-bond acceptors (Lipinski definition) is 5. The predicted octanol–water partition coefficient (Wildman–Crippen LogP) is 3.10. The summed E-state index contributed by atoms with van der Waals surface area (Å²) in [5.41, 5.74) is 1.12. The maximum Gasteiger partial charge on any atom is 0.307 e. The lowest BCUT2D eigenvalue weighted by atomic mass is 10.1. The Balaban J connectivity index is 2.21. The summed E-state index contributed by atoms with van der Waals surface area (Å²) >= 11 is 0. The van der Waals surface area contributed by atoms with E-state index in [1.807, 2.05) is 0 Å². The van der Waals surface area contributed by atoms with Crippen molar-refractivity contribution in [3.63, 3.8) is 0 Å². The standard InChI is InChI=1S/C19H16O6/c1-23-15-7-6-11(8-17(15)24-2)16-10-14(20)13-5-3-4-12(9-18(21)22)19(13)25-16/h3-8,10H,9H2,1-2H3,(H,21,22). The summed E-state index contributed by atoms with van der Waals surface area (Å²) in [6.45, 7) is 0. The monoisotopic (exact) mass is 340 g/mol. The molecule has 2 aromatic carbocycles. The van der Waals surface area contributed by atoms with Crippen LogP contribution in [0.2, 0.25) is 0 Å². The van der Waals surface area contributed by atoms with Gasteiger partial charge in [0.05, 0.1) is 26.0 Å². The van der Waals surface area contributed by atoms with Crippen molar-refractivity contribution in [3.05, 3.63) is 58.3 Å². The number of benzene rings is 2. The second-order valence-electron chi connectivity index (χ2n) is 5.41. The summed E-state index contributed by atoms with van der Waals surface area (Å²) in [4.78, 5) is 23.5. The Labute approximate surface area is 143 Å². The van der Waals surface area contributed by atoms with E-state index in [4.69, 9.17) is 19.0 Å². The number of para-hydroxylation sites is 1. The van der Waals surface area contributed by atoms with Gasteiger partial charge in [-0.15, -0.1) is 0 Å². The molecule has 128 valence electrons. The minimum Gasteiger partial charge on any atom is -0.493 e. The maximum atomic E-state index is 12.4. The van der Waals surface area contributed by atoms with E-state index in [-0.39, 0.29) is 17.4 Å². The summed E-state index contributed by atoms with van der Waals surface area (Å²) in [6, 6.07) is 11.4. The minimum atomic E-state index is -0.994. The van der Waals surface area contributed by atoms with Crippen molar-refractivity contribution in [1.82, 2.24) is 0 Å². The summed E-state index contributed by atoms with van der Waals surface area (Å²) in [6.07, 6.45) is -0.227. The van der Waals surface area contributed by atoms with Crippen LogP contribution < -0.4 is 14.9 Å². The van der Waals surface area contributed by atoms with E-state index in [0.29, 0.717) is 33.8 Å². The highest BCUT2D eigenvalue weighted by atomic mass is 16.5. The second kappa shape index (κ2) is 6.68. The first kappa shape index (κ1) is 16.6. The summed E-state index contributed by atoms with van der Waals surface area (Å²) < 4.78 is 16.3. The molecule has 0 saturated heterocycles. The molecule has 0 bridgehead atoms. The third-order valence-electron chi connectivity index (χ3n) is 3.85. The molecular formula is C19H16O6. The third-order valence-corrected chi connectivity index (χ3v) is 3.85. The molecule has 0 fully saturated rings. The van der Waals surface area contributed by atoms with Crippen molar-refractivity contribution in [2.45, 2.75) is 6.42 Å². The Morgan fingerprint density at radius 1 is 1.08 bits per heavy atom. The first-order valence-corrected chi connectivity index (χ1v) is 7.53. The number of carboxylic acid groups (broad SMARTS) is 1. The topological polar surface area (TPSA) is 86.0 Å². The lowest BCUT2D eigenvalue weighted by Crippen LogP contribution is -2.05. The van der Waals surface area contributed by atoms with Crippen molar-refractivity contribution >= 4 is 16.9 Å². The van der Waals surface area contributed by atoms with Gasteiger partial charge in [-0.1, -0.05) is 12.1 Å². The molecule has 3 rings (SSSR count). The quantitative estimate of drug-likeness (QED) is 0.768. The number of carboxylic acids is 1. The van der Waals surface area contributed by atoms with Crippen LogP contribution in [-0.2, 0) is 11.2 Å². The Morgan fingerprint density at radius 3 is 2.52 bits per heavy atom. The molecule has 3 aromatic rings. The van der Waals surface area contributed by atoms with Crippen LogP contribution in [0.15, 0.2) is 51.7 Å². The predicted molar refractivity (Wildman–Crippen MR) is 92.4 cm³/mol. The number of fused-ring (bicyclic) bond motifs is 1. The van der Waals surface area contributed by atoms with Crippen LogP contribution in [-0.4, -0.2) is 25.3 Å². The molecular weight excluding hydrogens is 324 g/mol. The molecule has 0 atom stereocenters. The molecule has 1 aromatic heterocycles. The van der Waals surface area contributed by atoms with Gasteiger partial charge in [-0.2, -0.15) is 0 Å². The summed E-state index contributed by atoms with van der Waals surface area (Å²) in [5, 5.41) is 9.41. The molecule has 1 N–H and O–H groups in total. The van der Waals surface area contributed by atoms with Crippen LogP contribution in [0.1, 0.15) is 5.56 Å². The Bertz CT molecular complexity index is 1000. The first-order valence-electron chi connectivity index (χ1n) is 7.53. The van der Waals surface area contributed by atoms with E-state index in [1.165, 1.54) is 20.3 Å². The van der Waals surface area contributed by atoms with Gasteiger partial charge < -0.3 is 19.0 Å². The minimum absolute atomic E-state index is 0.227. The SMILES string of the molecule is COc1ccc(-c2cc(=O)c3cccc(CC(=O)O)c3o2)cc1OC. The van der Waals surface area contributed by atoms with Crippen LogP contribution in [0, 0.1) is 0 Å². The molecule has 0 radical (unpaired) electrons. The van der Waals surface area contributed by atoms with Crippen molar-refractivity contribution in [2.24, 2.45) is 0 Å². The fourth-order valence-electron chi connectivity index (χ4n) is 2.67. The van der Waals surface area contributed by atoms with Crippen molar-refractivity contribution in [1.29, 1.82) is 0 Å². The van der Waals surface area contributed by atoms with Gasteiger partial charge in [0, 0.05) is 17.2 Å². The lowest BCUT2D eigenvalue weighted by Gasteiger charge is -2.10.